The molecule has 1 aromatic carbocycles. The highest BCUT2D eigenvalue weighted by molar-refractivity contribution is 7.71. The maximum atomic E-state index is 12.8. The minimum absolute atomic E-state index is 0.0822. The van der Waals surface area contributed by atoms with E-state index in [1.807, 2.05) is 0 Å². The summed E-state index contributed by atoms with van der Waals surface area (Å²) in [6.45, 7) is 0. The van der Waals surface area contributed by atoms with E-state index in [2.05, 4.69) is 27.4 Å². The third-order valence-corrected chi connectivity index (χ3v) is 1.95. The Labute approximate surface area is 87.0 Å². The smallest absolute Gasteiger partial charge is 0.213 e. The summed E-state index contributed by atoms with van der Waals surface area (Å²) in [7, 11) is 0. The summed E-state index contributed by atoms with van der Waals surface area (Å²) in [5.74, 6) is -3.90. The molecule has 2 N–H and O–H groups in total. The lowest BCUT2D eigenvalue weighted by Gasteiger charge is -1.99. The quantitative estimate of drug-likeness (QED) is 0.585. The molecule has 78 valence electrons. The molecule has 0 aliphatic carbocycles. The van der Waals surface area contributed by atoms with Crippen LogP contribution in [-0.2, 0) is 0 Å². The highest BCUT2D eigenvalue weighted by atomic mass is 32.1. The summed E-state index contributed by atoms with van der Waals surface area (Å²) >= 11 is 4.66. The zero-order valence-corrected chi connectivity index (χ0v) is 7.96. The van der Waals surface area contributed by atoms with Gasteiger partial charge in [-0.15, -0.1) is 0 Å². The average molecular weight is 231 g/mol. The van der Waals surface area contributed by atoms with Crippen molar-refractivity contribution >= 4 is 12.2 Å². The van der Waals surface area contributed by atoms with Crippen LogP contribution in [-0.4, -0.2) is 15.2 Å². The average Bonchev–Trinajstić information content (AvgIpc) is 2.60. The second kappa shape index (κ2) is 3.50. The normalized spacial score (nSPS) is 10.6. The van der Waals surface area contributed by atoms with E-state index in [1.54, 1.807) is 0 Å². The summed E-state index contributed by atoms with van der Waals surface area (Å²) in [4.78, 5) is 3.74. The summed E-state index contributed by atoms with van der Waals surface area (Å²) in [6, 6.07) is 1.67. The third-order valence-electron chi connectivity index (χ3n) is 1.76. The van der Waals surface area contributed by atoms with E-state index in [4.69, 9.17) is 0 Å². The van der Waals surface area contributed by atoms with Gasteiger partial charge in [0.15, 0.2) is 23.3 Å². The van der Waals surface area contributed by atoms with Gasteiger partial charge in [-0.25, -0.2) is 13.2 Å². The number of aromatic nitrogens is 3. The molecule has 2 aromatic rings. The van der Waals surface area contributed by atoms with E-state index < -0.39 is 17.5 Å². The third kappa shape index (κ3) is 1.78. The van der Waals surface area contributed by atoms with Gasteiger partial charge in [0.05, 0.1) is 0 Å². The Morgan fingerprint density at radius 3 is 2.13 bits per heavy atom. The van der Waals surface area contributed by atoms with Gasteiger partial charge in [0, 0.05) is 5.56 Å². The molecule has 2 rings (SSSR count). The van der Waals surface area contributed by atoms with Crippen molar-refractivity contribution in [2.45, 2.75) is 0 Å². The van der Waals surface area contributed by atoms with Gasteiger partial charge in [-0.1, -0.05) is 0 Å². The second-order valence-electron chi connectivity index (χ2n) is 2.77. The van der Waals surface area contributed by atoms with Crippen LogP contribution in [0.25, 0.3) is 11.4 Å². The van der Waals surface area contributed by atoms with Crippen molar-refractivity contribution in [3.63, 3.8) is 0 Å². The first-order chi connectivity index (χ1) is 7.08. The van der Waals surface area contributed by atoms with E-state index in [-0.39, 0.29) is 16.2 Å². The highest BCUT2D eigenvalue weighted by Crippen LogP contribution is 2.20. The monoisotopic (exact) mass is 231 g/mol. The molecule has 0 unspecified atom stereocenters. The predicted octanol–water partition coefficient (Wildman–Crippen LogP) is 2.55. The molecule has 0 saturated carbocycles. The summed E-state index contributed by atoms with van der Waals surface area (Å²) < 4.78 is 38.5. The Morgan fingerprint density at radius 2 is 1.67 bits per heavy atom. The zero-order chi connectivity index (χ0) is 11.0. The lowest BCUT2D eigenvalue weighted by molar-refractivity contribution is 0.447. The molecule has 0 atom stereocenters. The number of nitrogens with one attached hydrogen (secondary N) is 2. The Morgan fingerprint density at radius 1 is 1.07 bits per heavy atom. The van der Waals surface area contributed by atoms with Crippen LogP contribution in [0.15, 0.2) is 12.1 Å². The number of halogens is 3. The molecule has 3 nitrogen and oxygen atoms in total. The topological polar surface area (TPSA) is 44.5 Å². The number of nitrogens with zero attached hydrogens (tertiary/aromatic N) is 1. The van der Waals surface area contributed by atoms with E-state index in [0.717, 1.165) is 12.1 Å². The van der Waals surface area contributed by atoms with E-state index in [1.165, 1.54) is 0 Å². The first kappa shape index (κ1) is 9.91. The molecule has 0 saturated heterocycles. The van der Waals surface area contributed by atoms with Crippen LogP contribution in [0, 0.1) is 22.2 Å². The van der Waals surface area contributed by atoms with Crippen molar-refractivity contribution in [2.75, 3.05) is 0 Å². The van der Waals surface area contributed by atoms with E-state index >= 15 is 0 Å². The minimum atomic E-state index is -1.51. The van der Waals surface area contributed by atoms with Crippen LogP contribution < -0.4 is 0 Å². The van der Waals surface area contributed by atoms with Crippen molar-refractivity contribution in [1.82, 2.24) is 15.2 Å². The van der Waals surface area contributed by atoms with Gasteiger partial charge in [0.1, 0.15) is 0 Å². The number of benzene rings is 1. The fourth-order valence-corrected chi connectivity index (χ4v) is 1.24. The second-order valence-corrected chi connectivity index (χ2v) is 3.16. The Balaban J connectivity index is 2.59. The van der Waals surface area contributed by atoms with Gasteiger partial charge in [0.25, 0.3) is 0 Å². The van der Waals surface area contributed by atoms with Crippen molar-refractivity contribution in [1.29, 1.82) is 0 Å². The number of H-pyrrole nitrogens is 2. The number of hydrogen-bond acceptors (Lipinski definition) is 2. The van der Waals surface area contributed by atoms with Crippen molar-refractivity contribution in [3.05, 3.63) is 34.4 Å². The number of rotatable bonds is 1. The Bertz CT molecular complexity index is 537. The molecular formula is C8H4F3N3S. The molecule has 0 bridgehead atoms. The van der Waals surface area contributed by atoms with Crippen LogP contribution in [0.5, 0.6) is 0 Å². The van der Waals surface area contributed by atoms with Crippen molar-refractivity contribution in [2.24, 2.45) is 0 Å². The summed E-state index contributed by atoms with van der Waals surface area (Å²) in [6.07, 6.45) is 0. The molecule has 0 radical (unpaired) electrons. The molecule has 0 aliphatic rings. The summed E-state index contributed by atoms with van der Waals surface area (Å²) in [5.41, 5.74) is 0.0822. The largest absolute Gasteiger partial charge is 0.282 e. The van der Waals surface area contributed by atoms with Gasteiger partial charge in [-0.05, 0) is 24.4 Å². The van der Waals surface area contributed by atoms with E-state index in [0.29, 0.717) is 0 Å². The molecular weight excluding hydrogens is 227 g/mol. The van der Waals surface area contributed by atoms with Gasteiger partial charge in [0.2, 0.25) is 4.77 Å². The molecule has 7 heteroatoms. The zero-order valence-electron chi connectivity index (χ0n) is 7.14. The lowest BCUT2D eigenvalue weighted by Crippen LogP contribution is -1.92. The van der Waals surface area contributed by atoms with Crippen LogP contribution in [0.2, 0.25) is 0 Å². The molecule has 0 amide bonds. The first-order valence-electron chi connectivity index (χ1n) is 3.87. The number of aromatic amines is 2. The maximum absolute atomic E-state index is 12.8. The Hall–Kier alpha value is -1.63. The fourth-order valence-electron chi connectivity index (χ4n) is 1.10. The molecule has 0 spiro atoms. The van der Waals surface area contributed by atoms with Crippen molar-refractivity contribution < 1.29 is 13.2 Å². The molecule has 0 fully saturated rings. The van der Waals surface area contributed by atoms with Gasteiger partial charge in [-0.3, -0.25) is 10.2 Å². The van der Waals surface area contributed by atoms with Crippen LogP contribution in [0.4, 0.5) is 13.2 Å². The fraction of sp³-hybridized carbons (Fsp3) is 0. The first-order valence-corrected chi connectivity index (χ1v) is 4.28. The standard InChI is InChI=1S/C8H4F3N3S/c9-4-1-3(2-5(10)6(4)11)7-12-8(15)14-13-7/h1-2H,(H2,12,13,14,15). The molecule has 0 aliphatic heterocycles. The molecule has 1 heterocycles. The van der Waals surface area contributed by atoms with Gasteiger partial charge >= 0.3 is 0 Å². The Kier molecular flexibility index (Phi) is 2.31. The molecule has 1 aromatic heterocycles. The SMILES string of the molecule is Fc1cc(-c2nc(=S)[nH][nH]2)cc(F)c1F. The minimum Gasteiger partial charge on any atom is -0.282 e. The number of hydrogen-bond donors (Lipinski definition) is 2. The summed E-state index contributed by atoms with van der Waals surface area (Å²) in [5, 5.41) is 4.96. The van der Waals surface area contributed by atoms with Crippen LogP contribution in [0.3, 0.4) is 0 Å². The maximum Gasteiger partial charge on any atom is 0.213 e. The van der Waals surface area contributed by atoms with Gasteiger partial charge in [-0.2, -0.15) is 4.98 Å². The highest BCUT2D eigenvalue weighted by Gasteiger charge is 2.12. The van der Waals surface area contributed by atoms with Crippen molar-refractivity contribution in [3.8, 4) is 11.4 Å². The van der Waals surface area contributed by atoms with Crippen LogP contribution >= 0.6 is 12.2 Å². The van der Waals surface area contributed by atoms with Crippen LogP contribution in [0.1, 0.15) is 0 Å². The van der Waals surface area contributed by atoms with E-state index in [9.17, 15) is 13.2 Å². The predicted molar refractivity (Wildman–Crippen MR) is 49.1 cm³/mol. The lowest BCUT2D eigenvalue weighted by atomic mass is 10.2. The molecule has 15 heavy (non-hydrogen) atoms. The van der Waals surface area contributed by atoms with Gasteiger partial charge < -0.3 is 0 Å².